The van der Waals surface area contributed by atoms with Crippen LogP contribution in [-0.2, 0) is 74.7 Å². The van der Waals surface area contributed by atoms with Crippen molar-refractivity contribution in [1.82, 2.24) is 37.2 Å². The van der Waals surface area contributed by atoms with Gasteiger partial charge in [0.05, 0.1) is 26.4 Å². The van der Waals surface area contributed by atoms with Gasteiger partial charge >= 0.3 is 37.3 Å². The minimum atomic E-state index is -5.49. The first-order valence-corrected chi connectivity index (χ1v) is 29.5. The van der Waals surface area contributed by atoms with Crippen molar-refractivity contribution in [3.8, 4) is 0 Å². The first-order valence-electron chi connectivity index (χ1n) is 23.4. The summed E-state index contributed by atoms with van der Waals surface area (Å²) in [5.41, 5.74) is 27.8. The number of hydrogen-bond acceptors (Lipinski definition) is 21. The highest BCUT2D eigenvalue weighted by Gasteiger charge is 2.37. The highest BCUT2D eigenvalue weighted by molar-refractivity contribution is 7.47. The number of carboxylic acids is 1. The Bertz CT molecular complexity index is 2100. The smallest absolute Gasteiger partial charge is 0.469 e. The summed E-state index contributed by atoms with van der Waals surface area (Å²) in [5, 5.41) is 24.6. The van der Waals surface area contributed by atoms with Crippen LogP contribution in [0.3, 0.4) is 0 Å². The second-order valence-electron chi connectivity index (χ2n) is 16.7. The van der Waals surface area contributed by atoms with Crippen LogP contribution in [0.15, 0.2) is 0 Å². The molecule has 0 rings (SSSR count). The SMILES string of the molecule is NCCCC[C@H](NC(=O)[C@H](COP(=O)(O)O)NC(=O)[C@H](CCCCN)NC(=O)[C@H](COP(=O)(O)O)NC(=O)[C@H](CCCCN)NC(=O)[C@H](COP(=O)(O)O)NC(=O)[C@H](CCCCN)NC(=O)[C@@H](N)COP(=O)(O)O)C(=O)O. The lowest BCUT2D eigenvalue weighted by Gasteiger charge is -2.28. The Morgan fingerprint density at radius 3 is 0.792 bits per heavy atom. The topological polar surface area (TPSA) is 638 Å². The number of phosphoric acid groups is 4. The summed E-state index contributed by atoms with van der Waals surface area (Å²) in [6.45, 7) is -4.67. The molecule has 0 radical (unpaired) electrons. The molecular formula is C36H74N12O25P4. The number of carbonyl (C=O) groups excluding carboxylic acids is 7. The van der Waals surface area contributed by atoms with Crippen LogP contribution >= 0.6 is 31.3 Å². The fourth-order valence-electron chi connectivity index (χ4n) is 6.26. The molecule has 0 bridgehead atoms. The van der Waals surface area contributed by atoms with Gasteiger partial charge in [-0.2, -0.15) is 0 Å². The van der Waals surface area contributed by atoms with E-state index in [9.17, 15) is 91.1 Å². The van der Waals surface area contributed by atoms with E-state index in [-0.39, 0.29) is 96.8 Å². The van der Waals surface area contributed by atoms with E-state index in [2.05, 4.69) is 55.3 Å². The monoisotopic (exact) mass is 1200 g/mol. The Hall–Kier alpha value is -4.00. The highest BCUT2D eigenvalue weighted by atomic mass is 31.2. The van der Waals surface area contributed by atoms with Crippen LogP contribution in [0.1, 0.15) is 77.0 Å². The highest BCUT2D eigenvalue weighted by Crippen LogP contribution is 2.37. The van der Waals surface area contributed by atoms with Gasteiger partial charge in [-0.3, -0.25) is 51.7 Å². The van der Waals surface area contributed by atoms with E-state index in [4.69, 9.17) is 38.5 Å². The lowest BCUT2D eigenvalue weighted by Crippen LogP contribution is -2.61. The number of nitrogens with two attached hydrogens (primary N) is 5. The fourth-order valence-corrected chi connectivity index (χ4v) is 7.65. The zero-order chi connectivity index (χ0) is 59.2. The molecule has 26 N–H and O–H groups in total. The number of aliphatic carboxylic acids is 1. The summed E-state index contributed by atoms with van der Waals surface area (Å²) >= 11 is 0. The predicted octanol–water partition coefficient (Wildman–Crippen LogP) is -7.25. The molecule has 0 fully saturated rings. The molecule has 0 heterocycles. The van der Waals surface area contributed by atoms with Gasteiger partial charge in [-0.05, 0) is 103 Å². The van der Waals surface area contributed by atoms with Crippen LogP contribution in [0.25, 0.3) is 0 Å². The summed E-state index contributed by atoms with van der Waals surface area (Å²) in [5.74, 6) is -10.8. The van der Waals surface area contributed by atoms with Crippen LogP contribution in [0.5, 0.6) is 0 Å². The zero-order valence-electron chi connectivity index (χ0n) is 41.5. The molecule has 0 aliphatic heterocycles. The van der Waals surface area contributed by atoms with Crippen molar-refractivity contribution in [3.63, 3.8) is 0 Å². The molecule has 0 unspecified atom stereocenters. The number of amides is 7. The van der Waals surface area contributed by atoms with Gasteiger partial charge in [0.15, 0.2) is 0 Å². The van der Waals surface area contributed by atoms with Crippen molar-refractivity contribution in [2.45, 2.75) is 125 Å². The summed E-state index contributed by atoms with van der Waals surface area (Å²) < 4.78 is 63.9. The van der Waals surface area contributed by atoms with E-state index in [1.807, 2.05) is 0 Å². The third-order valence-corrected chi connectivity index (χ3v) is 12.1. The van der Waals surface area contributed by atoms with Crippen LogP contribution in [0.4, 0.5) is 0 Å². The lowest BCUT2D eigenvalue weighted by molar-refractivity contribution is -0.143. The average Bonchev–Trinajstić information content (AvgIpc) is 3.31. The molecule has 0 saturated carbocycles. The fraction of sp³-hybridized carbons (Fsp3) is 0.778. The zero-order valence-corrected chi connectivity index (χ0v) is 45.1. The molecule has 0 aromatic carbocycles. The van der Waals surface area contributed by atoms with Crippen LogP contribution in [0.2, 0.25) is 0 Å². The van der Waals surface area contributed by atoms with Crippen molar-refractivity contribution >= 4 is 78.6 Å². The molecule has 41 heteroatoms. The molecule has 0 saturated heterocycles. The van der Waals surface area contributed by atoms with Crippen molar-refractivity contribution in [2.75, 3.05) is 52.6 Å². The number of phosphoric ester groups is 4. The van der Waals surface area contributed by atoms with E-state index < -0.39 is 153 Å². The van der Waals surface area contributed by atoms with Gasteiger partial charge in [0.2, 0.25) is 41.4 Å². The van der Waals surface area contributed by atoms with Crippen molar-refractivity contribution in [2.24, 2.45) is 28.7 Å². The van der Waals surface area contributed by atoms with Gasteiger partial charge in [0.1, 0.15) is 48.3 Å². The maximum atomic E-state index is 14.0. The molecule has 448 valence electrons. The molecule has 0 aromatic rings. The normalized spacial score (nSPS) is 15.3. The van der Waals surface area contributed by atoms with Gasteiger partial charge in [0.25, 0.3) is 0 Å². The third kappa shape index (κ3) is 35.3. The van der Waals surface area contributed by atoms with Crippen molar-refractivity contribution in [1.29, 1.82) is 0 Å². The van der Waals surface area contributed by atoms with Gasteiger partial charge in [-0.25, -0.2) is 23.1 Å². The number of carboxylic acid groups (broad SMARTS) is 1. The van der Waals surface area contributed by atoms with Crippen LogP contribution in [-0.4, -0.2) is 193 Å². The van der Waals surface area contributed by atoms with Gasteiger partial charge < -0.3 is 110 Å². The Labute approximate surface area is 440 Å². The van der Waals surface area contributed by atoms with E-state index >= 15 is 0 Å². The van der Waals surface area contributed by atoms with Crippen molar-refractivity contribution < 1.29 is 119 Å². The third-order valence-electron chi connectivity index (χ3n) is 10.2. The predicted molar refractivity (Wildman–Crippen MR) is 263 cm³/mol. The molecule has 8 atom stereocenters. The second kappa shape index (κ2) is 37.0. The lowest BCUT2D eigenvalue weighted by atomic mass is 10.1. The number of nitrogens with one attached hydrogen (secondary N) is 7. The van der Waals surface area contributed by atoms with Gasteiger partial charge in [-0.15, -0.1) is 0 Å². The van der Waals surface area contributed by atoms with Gasteiger partial charge in [0, 0.05) is 0 Å². The standard InChI is InChI=1S/C36H74N12O25P4/c37-13-5-1-9-22(42-29(49)21(41)17-70-74(58,59)60)30(50)46-26(18-71-75(61,62)63)33(53)43-23(10-2-6-14-38)31(51)47-27(19-72-76(64,65)66)34(54)44-24(11-3-7-15-39)32(52)48-28(20-73-77(67,68)69)35(55)45-25(36(56)57)12-4-8-16-40/h21-28H,1-20,37-41H2,(H,42,49)(H,43,53)(H,44,54)(H,45,55)(H,46,50)(H,47,51)(H,48,52)(H,56,57)(H2,58,59,60)(H2,61,62,63)(H2,64,65,66)(H2,67,68,69)/t21-,22-,23-,24-,25-,26-,27-,28-/m0/s1. The molecule has 0 aromatic heterocycles. The Kier molecular flexibility index (Phi) is 35.1. The molecule has 0 spiro atoms. The summed E-state index contributed by atoms with van der Waals surface area (Å²) in [6, 6.07) is -15.0. The molecule has 77 heavy (non-hydrogen) atoms. The van der Waals surface area contributed by atoms with Crippen LogP contribution in [0, 0.1) is 0 Å². The van der Waals surface area contributed by atoms with Crippen LogP contribution < -0.4 is 65.9 Å². The minimum Gasteiger partial charge on any atom is -0.480 e. The number of hydrogen-bond donors (Lipinski definition) is 21. The Morgan fingerprint density at radius 2 is 0.545 bits per heavy atom. The van der Waals surface area contributed by atoms with E-state index in [0.29, 0.717) is 6.42 Å². The summed E-state index contributed by atoms with van der Waals surface area (Å²) in [7, 11) is -21.4. The Balaban J connectivity index is 7.07. The van der Waals surface area contributed by atoms with Crippen molar-refractivity contribution in [3.05, 3.63) is 0 Å². The second-order valence-corrected chi connectivity index (χ2v) is 21.6. The number of carbonyl (C=O) groups is 8. The van der Waals surface area contributed by atoms with E-state index in [0.717, 1.165) is 0 Å². The minimum absolute atomic E-state index is 0.00668. The molecule has 37 nitrogen and oxygen atoms in total. The first kappa shape index (κ1) is 73.0. The molecule has 0 aliphatic carbocycles. The first-order chi connectivity index (χ1) is 35.7. The summed E-state index contributed by atoms with van der Waals surface area (Å²) in [6.07, 6.45) is 0.201. The summed E-state index contributed by atoms with van der Waals surface area (Å²) in [4.78, 5) is 182. The quantitative estimate of drug-likeness (QED) is 0.0199. The number of unbranched alkanes of at least 4 members (excludes halogenated alkanes) is 4. The molecule has 7 amide bonds. The van der Waals surface area contributed by atoms with Gasteiger partial charge in [-0.1, -0.05) is 0 Å². The molecular weight excluding hydrogens is 1120 g/mol. The average molecular weight is 1200 g/mol. The number of rotatable bonds is 43. The maximum Gasteiger partial charge on any atom is 0.469 e. The van der Waals surface area contributed by atoms with E-state index in [1.165, 1.54) is 0 Å². The molecule has 0 aliphatic rings. The largest absolute Gasteiger partial charge is 0.480 e. The van der Waals surface area contributed by atoms with E-state index in [1.54, 1.807) is 0 Å². The maximum absolute atomic E-state index is 14.0. The Morgan fingerprint density at radius 1 is 0.338 bits per heavy atom.